The van der Waals surface area contributed by atoms with E-state index in [1.54, 1.807) is 12.8 Å². The smallest absolute Gasteiger partial charge is 0.0459 e. The van der Waals surface area contributed by atoms with Crippen molar-refractivity contribution in [2.45, 2.75) is 112 Å². The van der Waals surface area contributed by atoms with E-state index < -0.39 is 0 Å². The highest BCUT2D eigenvalue weighted by atomic mass is 16.3. The van der Waals surface area contributed by atoms with E-state index in [1.165, 1.54) is 64.2 Å². The van der Waals surface area contributed by atoms with Gasteiger partial charge in [-0.15, -0.1) is 0 Å². The third kappa shape index (κ3) is 3.74. The SMILES string of the molecule is CC(CO)[C@H](C)CC[C@@H](C)[C@H]1CC[C@H]2[C@@H]3CCC4CCCC[C@]4(C)[C@H]3CC[C@]12C. The molecule has 0 bridgehead atoms. The lowest BCUT2D eigenvalue weighted by Gasteiger charge is -2.61. The van der Waals surface area contributed by atoms with E-state index in [0.717, 1.165) is 35.5 Å². The molecule has 2 unspecified atom stereocenters. The van der Waals surface area contributed by atoms with Gasteiger partial charge in [-0.05, 0) is 110 Å². The molecule has 4 rings (SSSR count). The summed E-state index contributed by atoms with van der Waals surface area (Å²) < 4.78 is 0. The molecule has 0 amide bonds. The first-order chi connectivity index (χ1) is 13.8. The van der Waals surface area contributed by atoms with Crippen molar-refractivity contribution >= 4 is 0 Å². The van der Waals surface area contributed by atoms with Gasteiger partial charge in [0.05, 0.1) is 0 Å². The molecule has 0 spiro atoms. The fraction of sp³-hybridized carbons (Fsp3) is 1.00. The van der Waals surface area contributed by atoms with Crippen molar-refractivity contribution in [3.8, 4) is 0 Å². The molecule has 0 aliphatic heterocycles. The van der Waals surface area contributed by atoms with Crippen molar-refractivity contribution in [2.75, 3.05) is 6.61 Å². The summed E-state index contributed by atoms with van der Waals surface area (Å²) in [4.78, 5) is 0. The highest BCUT2D eigenvalue weighted by molar-refractivity contribution is 5.09. The molecule has 4 aliphatic rings. The molecule has 0 saturated heterocycles. The second-order valence-electron chi connectivity index (χ2n) is 12.8. The third-order valence-electron chi connectivity index (χ3n) is 11.7. The molecule has 0 heterocycles. The average Bonchev–Trinajstić information content (AvgIpc) is 3.08. The summed E-state index contributed by atoms with van der Waals surface area (Å²) in [6.07, 6.45) is 17.9. The number of rotatable bonds is 6. The van der Waals surface area contributed by atoms with E-state index >= 15 is 0 Å². The van der Waals surface area contributed by atoms with Crippen LogP contribution in [0.4, 0.5) is 0 Å². The molecule has 10 atom stereocenters. The normalized spacial score (nSPS) is 47.6. The van der Waals surface area contributed by atoms with Crippen LogP contribution in [0.2, 0.25) is 0 Å². The molecular weight excluding hydrogens is 352 g/mol. The van der Waals surface area contributed by atoms with Crippen LogP contribution in [-0.2, 0) is 0 Å². The van der Waals surface area contributed by atoms with Crippen molar-refractivity contribution in [1.29, 1.82) is 0 Å². The van der Waals surface area contributed by atoms with E-state index in [4.69, 9.17) is 0 Å². The molecule has 4 aliphatic carbocycles. The van der Waals surface area contributed by atoms with E-state index in [0.29, 0.717) is 29.3 Å². The lowest BCUT2D eigenvalue weighted by molar-refractivity contribution is -0.114. The van der Waals surface area contributed by atoms with E-state index in [2.05, 4.69) is 34.6 Å². The minimum absolute atomic E-state index is 0.349. The molecule has 0 radical (unpaired) electrons. The lowest BCUT2D eigenvalue weighted by Crippen LogP contribution is -2.53. The first kappa shape index (κ1) is 22.2. The Labute approximate surface area is 181 Å². The van der Waals surface area contributed by atoms with E-state index in [9.17, 15) is 5.11 Å². The molecule has 1 N–H and O–H groups in total. The lowest BCUT2D eigenvalue weighted by atomic mass is 9.44. The summed E-state index contributed by atoms with van der Waals surface area (Å²) in [6.45, 7) is 12.9. The summed E-state index contributed by atoms with van der Waals surface area (Å²) in [7, 11) is 0. The number of aliphatic hydroxyl groups excluding tert-OH is 1. The topological polar surface area (TPSA) is 20.2 Å². The molecular formula is C28H50O. The van der Waals surface area contributed by atoms with Gasteiger partial charge < -0.3 is 5.11 Å². The van der Waals surface area contributed by atoms with Crippen LogP contribution in [0.25, 0.3) is 0 Å². The monoisotopic (exact) mass is 402 g/mol. The first-order valence-electron chi connectivity index (χ1n) is 13.4. The number of aliphatic hydroxyl groups is 1. The van der Waals surface area contributed by atoms with Gasteiger partial charge in [0.25, 0.3) is 0 Å². The van der Waals surface area contributed by atoms with Crippen LogP contribution in [0, 0.1) is 58.2 Å². The van der Waals surface area contributed by atoms with Gasteiger partial charge in [-0.1, -0.05) is 60.3 Å². The Morgan fingerprint density at radius 1 is 0.759 bits per heavy atom. The van der Waals surface area contributed by atoms with Crippen LogP contribution < -0.4 is 0 Å². The molecule has 1 nitrogen and oxygen atoms in total. The van der Waals surface area contributed by atoms with Crippen molar-refractivity contribution in [1.82, 2.24) is 0 Å². The zero-order valence-corrected chi connectivity index (χ0v) is 20.3. The Morgan fingerprint density at radius 3 is 2.28 bits per heavy atom. The minimum Gasteiger partial charge on any atom is -0.396 e. The van der Waals surface area contributed by atoms with Gasteiger partial charge in [0.1, 0.15) is 0 Å². The first-order valence-corrected chi connectivity index (χ1v) is 13.4. The molecule has 4 saturated carbocycles. The Morgan fingerprint density at radius 2 is 1.52 bits per heavy atom. The maximum Gasteiger partial charge on any atom is 0.0459 e. The van der Waals surface area contributed by atoms with Crippen LogP contribution in [-0.4, -0.2) is 11.7 Å². The minimum atomic E-state index is 0.349. The van der Waals surface area contributed by atoms with Crippen molar-refractivity contribution in [3.63, 3.8) is 0 Å². The number of fused-ring (bicyclic) bond motifs is 5. The van der Waals surface area contributed by atoms with Crippen molar-refractivity contribution in [2.24, 2.45) is 58.2 Å². The standard InChI is InChI=1S/C28H50O/c1-19(21(3)18-29)9-10-20(2)24-13-14-25-23-12-11-22-8-6-7-16-27(22,4)26(23)15-17-28(24,25)5/h19-26,29H,6-18H2,1-5H3/t19-,20-,21?,22?,23+,24-,25+,26+,27+,28-/m1/s1. The molecule has 4 fully saturated rings. The van der Waals surface area contributed by atoms with Crippen molar-refractivity contribution < 1.29 is 5.11 Å². The van der Waals surface area contributed by atoms with Crippen molar-refractivity contribution in [3.05, 3.63) is 0 Å². The van der Waals surface area contributed by atoms with E-state index in [1.807, 2.05) is 0 Å². The van der Waals surface area contributed by atoms with Crippen LogP contribution in [0.5, 0.6) is 0 Å². The summed E-state index contributed by atoms with van der Waals surface area (Å²) in [5.41, 5.74) is 1.30. The number of hydrogen-bond acceptors (Lipinski definition) is 1. The quantitative estimate of drug-likeness (QED) is 0.482. The average molecular weight is 403 g/mol. The highest BCUT2D eigenvalue weighted by Crippen LogP contribution is 2.68. The predicted molar refractivity (Wildman–Crippen MR) is 124 cm³/mol. The molecule has 1 heteroatoms. The Bertz CT molecular complexity index is 557. The summed E-state index contributed by atoms with van der Waals surface area (Å²) in [6, 6.07) is 0. The fourth-order valence-corrected chi connectivity index (χ4v) is 9.46. The molecule has 0 aromatic heterocycles. The van der Waals surface area contributed by atoms with Gasteiger partial charge in [-0.2, -0.15) is 0 Å². The Balaban J connectivity index is 1.44. The molecule has 0 aromatic carbocycles. The van der Waals surface area contributed by atoms with Gasteiger partial charge in [0, 0.05) is 6.61 Å². The second kappa shape index (κ2) is 8.48. The summed E-state index contributed by atoms with van der Waals surface area (Å²) in [5.74, 6) is 7.06. The van der Waals surface area contributed by atoms with Gasteiger partial charge >= 0.3 is 0 Å². The zero-order chi connectivity index (χ0) is 20.8. The zero-order valence-electron chi connectivity index (χ0n) is 20.3. The number of hydrogen-bond donors (Lipinski definition) is 1. The van der Waals surface area contributed by atoms with Crippen LogP contribution in [0.3, 0.4) is 0 Å². The van der Waals surface area contributed by atoms with Crippen LogP contribution >= 0.6 is 0 Å². The maximum atomic E-state index is 9.49. The highest BCUT2D eigenvalue weighted by Gasteiger charge is 2.60. The largest absolute Gasteiger partial charge is 0.396 e. The fourth-order valence-electron chi connectivity index (χ4n) is 9.46. The molecule has 168 valence electrons. The predicted octanol–water partition coefficient (Wildman–Crippen LogP) is 7.72. The Hall–Kier alpha value is -0.0400. The maximum absolute atomic E-state index is 9.49. The van der Waals surface area contributed by atoms with Crippen LogP contribution in [0.1, 0.15) is 112 Å². The van der Waals surface area contributed by atoms with Gasteiger partial charge in [0.2, 0.25) is 0 Å². The second-order valence-corrected chi connectivity index (χ2v) is 12.8. The van der Waals surface area contributed by atoms with Gasteiger partial charge in [-0.3, -0.25) is 0 Å². The third-order valence-corrected chi connectivity index (χ3v) is 11.7. The van der Waals surface area contributed by atoms with Crippen LogP contribution in [0.15, 0.2) is 0 Å². The summed E-state index contributed by atoms with van der Waals surface area (Å²) in [5, 5.41) is 9.49. The molecule has 29 heavy (non-hydrogen) atoms. The summed E-state index contributed by atoms with van der Waals surface area (Å²) >= 11 is 0. The Kier molecular flexibility index (Phi) is 6.48. The molecule has 0 aromatic rings. The van der Waals surface area contributed by atoms with E-state index in [-0.39, 0.29) is 0 Å². The van der Waals surface area contributed by atoms with Gasteiger partial charge in [-0.25, -0.2) is 0 Å². The van der Waals surface area contributed by atoms with Gasteiger partial charge in [0.15, 0.2) is 0 Å².